The molecule has 94 valence electrons. The summed E-state index contributed by atoms with van der Waals surface area (Å²) in [5.41, 5.74) is 6.53. The molecule has 0 atom stereocenters. The van der Waals surface area contributed by atoms with Crippen molar-refractivity contribution in [3.05, 3.63) is 18.2 Å². The minimum absolute atomic E-state index is 0.491. The number of rotatable bonds is 6. The second kappa shape index (κ2) is 5.30. The standard InChI is InChI=1S/C14H21NO2/c1-10(2)8-17-14-7-12(5-6-13(14)15)16-9-11-3-4-11/h5-7,10-11H,3-4,8-9,15H2,1-2H3. The van der Waals surface area contributed by atoms with Crippen LogP contribution in [0.1, 0.15) is 26.7 Å². The molecule has 0 saturated heterocycles. The van der Waals surface area contributed by atoms with Gasteiger partial charge in [-0.3, -0.25) is 0 Å². The molecule has 0 spiro atoms. The molecule has 0 heterocycles. The predicted molar refractivity (Wildman–Crippen MR) is 69.4 cm³/mol. The van der Waals surface area contributed by atoms with Crippen LogP contribution in [0.5, 0.6) is 11.5 Å². The number of nitrogens with two attached hydrogens (primary N) is 1. The van der Waals surface area contributed by atoms with Crippen LogP contribution in [0.15, 0.2) is 18.2 Å². The van der Waals surface area contributed by atoms with E-state index in [0.717, 1.165) is 24.0 Å². The summed E-state index contributed by atoms with van der Waals surface area (Å²) >= 11 is 0. The van der Waals surface area contributed by atoms with Crippen molar-refractivity contribution in [2.24, 2.45) is 11.8 Å². The summed E-state index contributed by atoms with van der Waals surface area (Å²) in [6.45, 7) is 5.72. The Morgan fingerprint density at radius 2 is 2.06 bits per heavy atom. The smallest absolute Gasteiger partial charge is 0.145 e. The number of hydrogen-bond acceptors (Lipinski definition) is 3. The molecule has 17 heavy (non-hydrogen) atoms. The molecular formula is C14H21NO2. The molecule has 0 unspecified atom stereocenters. The maximum absolute atomic E-state index is 5.86. The van der Waals surface area contributed by atoms with Crippen molar-refractivity contribution in [3.63, 3.8) is 0 Å². The summed E-state index contributed by atoms with van der Waals surface area (Å²) < 4.78 is 11.4. The fourth-order valence-corrected chi connectivity index (χ4v) is 1.48. The zero-order valence-corrected chi connectivity index (χ0v) is 10.6. The lowest BCUT2D eigenvalue weighted by Crippen LogP contribution is -2.06. The van der Waals surface area contributed by atoms with E-state index < -0.39 is 0 Å². The number of hydrogen-bond donors (Lipinski definition) is 1. The summed E-state index contributed by atoms with van der Waals surface area (Å²) in [6.07, 6.45) is 2.59. The molecule has 1 aliphatic rings. The van der Waals surface area contributed by atoms with Gasteiger partial charge in [0.15, 0.2) is 0 Å². The van der Waals surface area contributed by atoms with Crippen molar-refractivity contribution in [1.82, 2.24) is 0 Å². The van der Waals surface area contributed by atoms with E-state index >= 15 is 0 Å². The Morgan fingerprint density at radius 1 is 1.29 bits per heavy atom. The third-order valence-electron chi connectivity index (χ3n) is 2.74. The normalized spacial score (nSPS) is 15.0. The minimum atomic E-state index is 0.491. The van der Waals surface area contributed by atoms with Crippen molar-refractivity contribution in [2.75, 3.05) is 18.9 Å². The van der Waals surface area contributed by atoms with Gasteiger partial charge in [-0.15, -0.1) is 0 Å². The molecule has 0 aliphatic heterocycles. The lowest BCUT2D eigenvalue weighted by atomic mass is 10.2. The topological polar surface area (TPSA) is 44.5 Å². The van der Waals surface area contributed by atoms with Gasteiger partial charge in [-0.25, -0.2) is 0 Å². The minimum Gasteiger partial charge on any atom is -0.493 e. The van der Waals surface area contributed by atoms with Crippen LogP contribution >= 0.6 is 0 Å². The Labute approximate surface area is 103 Å². The molecule has 1 aliphatic carbocycles. The van der Waals surface area contributed by atoms with Gasteiger partial charge in [0.05, 0.1) is 18.9 Å². The molecule has 1 fully saturated rings. The van der Waals surface area contributed by atoms with Crippen molar-refractivity contribution in [1.29, 1.82) is 0 Å². The first kappa shape index (κ1) is 12.1. The van der Waals surface area contributed by atoms with Gasteiger partial charge in [0, 0.05) is 6.07 Å². The van der Waals surface area contributed by atoms with Gasteiger partial charge in [-0.2, -0.15) is 0 Å². The highest BCUT2D eigenvalue weighted by atomic mass is 16.5. The molecule has 1 aromatic carbocycles. The van der Waals surface area contributed by atoms with E-state index in [9.17, 15) is 0 Å². The molecule has 2 rings (SSSR count). The highest BCUT2D eigenvalue weighted by Crippen LogP contribution is 2.31. The molecule has 0 radical (unpaired) electrons. The Morgan fingerprint density at radius 3 is 2.71 bits per heavy atom. The Balaban J connectivity index is 1.94. The molecule has 1 saturated carbocycles. The highest BCUT2D eigenvalue weighted by Gasteiger charge is 2.22. The first-order chi connectivity index (χ1) is 8.15. The van der Waals surface area contributed by atoms with Gasteiger partial charge in [0.25, 0.3) is 0 Å². The van der Waals surface area contributed by atoms with Gasteiger partial charge < -0.3 is 15.2 Å². The molecule has 1 aromatic rings. The zero-order valence-electron chi connectivity index (χ0n) is 10.6. The van der Waals surface area contributed by atoms with Crippen LogP contribution in [0.25, 0.3) is 0 Å². The Bertz CT molecular complexity index is 372. The van der Waals surface area contributed by atoms with E-state index in [-0.39, 0.29) is 0 Å². The summed E-state index contributed by atoms with van der Waals surface area (Å²) in [5, 5.41) is 0. The lowest BCUT2D eigenvalue weighted by molar-refractivity contribution is 0.267. The van der Waals surface area contributed by atoms with Crippen LogP contribution in [0, 0.1) is 11.8 Å². The Kier molecular flexibility index (Phi) is 3.77. The maximum atomic E-state index is 5.86. The maximum Gasteiger partial charge on any atom is 0.145 e. The molecule has 0 amide bonds. The van der Waals surface area contributed by atoms with Crippen molar-refractivity contribution >= 4 is 5.69 Å². The molecule has 0 bridgehead atoms. The van der Waals surface area contributed by atoms with E-state index in [1.54, 1.807) is 0 Å². The van der Waals surface area contributed by atoms with Gasteiger partial charge >= 0.3 is 0 Å². The number of anilines is 1. The van der Waals surface area contributed by atoms with Crippen molar-refractivity contribution in [3.8, 4) is 11.5 Å². The molecule has 3 nitrogen and oxygen atoms in total. The molecule has 2 N–H and O–H groups in total. The van der Waals surface area contributed by atoms with Crippen LogP contribution in [-0.2, 0) is 0 Å². The first-order valence-corrected chi connectivity index (χ1v) is 6.30. The van der Waals surface area contributed by atoms with Crippen LogP contribution in [-0.4, -0.2) is 13.2 Å². The van der Waals surface area contributed by atoms with Gasteiger partial charge in [-0.1, -0.05) is 13.8 Å². The van der Waals surface area contributed by atoms with Crippen LogP contribution in [0.3, 0.4) is 0 Å². The molecular weight excluding hydrogens is 214 g/mol. The lowest BCUT2D eigenvalue weighted by Gasteiger charge is -2.13. The monoisotopic (exact) mass is 235 g/mol. The van der Waals surface area contributed by atoms with Crippen LogP contribution < -0.4 is 15.2 Å². The summed E-state index contributed by atoms with van der Waals surface area (Å²) in [4.78, 5) is 0. The van der Waals surface area contributed by atoms with Gasteiger partial charge in [0.2, 0.25) is 0 Å². The van der Waals surface area contributed by atoms with E-state index in [4.69, 9.17) is 15.2 Å². The largest absolute Gasteiger partial charge is 0.493 e. The Hall–Kier alpha value is -1.38. The summed E-state index contributed by atoms with van der Waals surface area (Å²) in [6, 6.07) is 5.64. The summed E-state index contributed by atoms with van der Waals surface area (Å²) in [5.74, 6) is 2.83. The first-order valence-electron chi connectivity index (χ1n) is 6.30. The number of ether oxygens (including phenoxy) is 2. The quantitative estimate of drug-likeness (QED) is 0.771. The van der Waals surface area contributed by atoms with E-state index in [0.29, 0.717) is 18.2 Å². The average Bonchev–Trinajstić information content (AvgIpc) is 3.10. The second-order valence-electron chi connectivity index (χ2n) is 5.16. The van der Waals surface area contributed by atoms with Crippen molar-refractivity contribution in [2.45, 2.75) is 26.7 Å². The molecule has 0 aromatic heterocycles. The second-order valence-corrected chi connectivity index (χ2v) is 5.16. The van der Waals surface area contributed by atoms with E-state index in [1.807, 2.05) is 18.2 Å². The van der Waals surface area contributed by atoms with Crippen LogP contribution in [0.2, 0.25) is 0 Å². The third kappa shape index (κ3) is 3.84. The van der Waals surface area contributed by atoms with E-state index in [2.05, 4.69) is 13.8 Å². The highest BCUT2D eigenvalue weighted by molar-refractivity contribution is 5.55. The number of benzene rings is 1. The fourth-order valence-electron chi connectivity index (χ4n) is 1.48. The zero-order chi connectivity index (χ0) is 12.3. The fraction of sp³-hybridized carbons (Fsp3) is 0.571. The SMILES string of the molecule is CC(C)COc1cc(OCC2CC2)ccc1N. The van der Waals surface area contributed by atoms with Crippen LogP contribution in [0.4, 0.5) is 5.69 Å². The van der Waals surface area contributed by atoms with Gasteiger partial charge in [-0.05, 0) is 36.8 Å². The number of nitrogen functional groups attached to an aromatic ring is 1. The van der Waals surface area contributed by atoms with Gasteiger partial charge in [0.1, 0.15) is 11.5 Å². The van der Waals surface area contributed by atoms with Crippen molar-refractivity contribution < 1.29 is 9.47 Å². The van der Waals surface area contributed by atoms with E-state index in [1.165, 1.54) is 12.8 Å². The average molecular weight is 235 g/mol. The summed E-state index contributed by atoms with van der Waals surface area (Å²) in [7, 11) is 0. The third-order valence-corrected chi connectivity index (χ3v) is 2.74. The molecule has 3 heteroatoms. The predicted octanol–water partition coefficient (Wildman–Crippen LogP) is 3.09.